The standard InChI is InChI=1S/C20H32N2O4SSi/c1-14(2)13-17(26-28(7,8)20(4,5)6)18(23)19(22-21)27(24,25)16-11-9-15(3)10-12-16/h9-12,14,17H,13H2,1-8H3/p+1/b19-18-/t17-/m0/s1. The molecule has 0 saturated carbocycles. The van der Waals surface area contributed by atoms with Crippen LogP contribution in [0.2, 0.25) is 18.1 Å². The number of hydrogen-bond acceptors (Lipinski definition) is 5. The Hall–Kier alpha value is -1.69. The second-order valence-corrected chi connectivity index (χ2v) is 15.7. The molecule has 0 spiro atoms. The Balaban J connectivity index is 3.50. The highest BCUT2D eigenvalue weighted by molar-refractivity contribution is 7.95. The predicted octanol–water partition coefficient (Wildman–Crippen LogP) is 5.79. The van der Waals surface area contributed by atoms with Gasteiger partial charge in [0, 0.05) is 0 Å². The summed E-state index contributed by atoms with van der Waals surface area (Å²) in [7, 11) is -6.50. The molecule has 1 aromatic rings. The lowest BCUT2D eigenvalue weighted by atomic mass is 10.1. The molecule has 0 saturated heterocycles. The first-order valence-corrected chi connectivity index (χ1v) is 13.8. The van der Waals surface area contributed by atoms with Gasteiger partial charge in [-0.2, -0.15) is 0 Å². The van der Waals surface area contributed by atoms with E-state index in [4.69, 9.17) is 4.43 Å². The molecular weight excluding hydrogens is 392 g/mol. The summed E-state index contributed by atoms with van der Waals surface area (Å²) < 4.78 is 32.2. The van der Waals surface area contributed by atoms with Crippen molar-refractivity contribution < 1.29 is 18.0 Å². The zero-order chi connectivity index (χ0) is 21.9. The van der Waals surface area contributed by atoms with Crippen molar-refractivity contribution in [2.45, 2.75) is 77.1 Å². The van der Waals surface area contributed by atoms with Crippen molar-refractivity contribution in [3.8, 4) is 0 Å². The lowest BCUT2D eigenvalue weighted by Gasteiger charge is -2.39. The van der Waals surface area contributed by atoms with Crippen LogP contribution in [0.15, 0.2) is 39.9 Å². The Morgan fingerprint density at radius 1 is 1.21 bits per heavy atom. The molecule has 0 aromatic heterocycles. The second kappa shape index (κ2) is 8.76. The van der Waals surface area contributed by atoms with Gasteiger partial charge in [-0.1, -0.05) is 52.3 Å². The molecule has 0 radical (unpaired) electrons. The van der Waals surface area contributed by atoms with Gasteiger partial charge in [0.15, 0.2) is 13.3 Å². The van der Waals surface area contributed by atoms with Gasteiger partial charge in [0.25, 0.3) is 9.84 Å². The van der Waals surface area contributed by atoms with Crippen LogP contribution in [0, 0.1) is 18.2 Å². The van der Waals surface area contributed by atoms with E-state index in [1.807, 2.05) is 33.9 Å². The van der Waals surface area contributed by atoms with Crippen molar-refractivity contribution in [3.05, 3.63) is 45.6 Å². The number of nitrogens with zero attached hydrogens (tertiary/aromatic N) is 2. The van der Waals surface area contributed by atoms with Crippen molar-refractivity contribution in [3.63, 3.8) is 0 Å². The van der Waals surface area contributed by atoms with E-state index in [1.165, 1.54) is 12.1 Å². The topological polar surface area (TPSA) is 91.8 Å². The number of rotatable bonds is 7. The van der Waals surface area contributed by atoms with Crippen molar-refractivity contribution >= 4 is 18.2 Å². The second-order valence-electron chi connectivity index (χ2n) is 9.10. The summed E-state index contributed by atoms with van der Waals surface area (Å²) in [6.07, 6.45) is -0.465. The van der Waals surface area contributed by atoms with Gasteiger partial charge in [0.2, 0.25) is 11.2 Å². The molecule has 1 aromatic carbocycles. The van der Waals surface area contributed by atoms with E-state index in [-0.39, 0.29) is 15.9 Å². The van der Waals surface area contributed by atoms with E-state index in [2.05, 4.69) is 25.7 Å². The van der Waals surface area contributed by atoms with Gasteiger partial charge >= 0.3 is 5.03 Å². The molecule has 6 nitrogen and oxygen atoms in total. The van der Waals surface area contributed by atoms with Crippen molar-refractivity contribution in [2.24, 2.45) is 5.92 Å². The molecule has 156 valence electrons. The van der Waals surface area contributed by atoms with Crippen molar-refractivity contribution in [1.29, 1.82) is 5.39 Å². The average Bonchev–Trinajstić information content (AvgIpc) is 2.53. The smallest absolute Gasteiger partial charge is 0.503 e. The molecule has 1 N–H and O–H groups in total. The first-order chi connectivity index (χ1) is 12.6. The largest absolute Gasteiger partial charge is 0.518 e. The monoisotopic (exact) mass is 425 g/mol. The van der Waals surface area contributed by atoms with Crippen LogP contribution in [0.1, 0.15) is 46.6 Å². The number of aliphatic hydroxyl groups excluding tert-OH is 1. The minimum absolute atomic E-state index is 0.0481. The first kappa shape index (κ1) is 24.3. The Kier molecular flexibility index (Phi) is 7.62. The predicted molar refractivity (Wildman–Crippen MR) is 115 cm³/mol. The van der Waals surface area contributed by atoms with Gasteiger partial charge in [-0.3, -0.25) is 0 Å². The molecular formula is C20H33N2O4SSi+. The first-order valence-electron chi connectivity index (χ1n) is 9.41. The molecule has 28 heavy (non-hydrogen) atoms. The molecule has 0 heterocycles. The SMILES string of the molecule is Cc1ccc(S(=O)(=O)/C([N+]#N)=C(\O)[C@H](CC(C)C)O[Si](C)(C)C(C)(C)C)cc1. The fourth-order valence-electron chi connectivity index (χ4n) is 2.39. The normalized spacial score (nSPS) is 15.1. The molecule has 8 heteroatoms. The summed E-state index contributed by atoms with van der Waals surface area (Å²) in [4.78, 5) is 2.91. The number of benzene rings is 1. The van der Waals surface area contributed by atoms with E-state index in [0.717, 1.165) is 5.56 Å². The molecule has 1 atom stereocenters. The fraction of sp³-hybridized carbons (Fsp3) is 0.600. The van der Waals surface area contributed by atoms with Crippen LogP contribution in [0.25, 0.3) is 4.98 Å². The molecule has 0 fully saturated rings. The van der Waals surface area contributed by atoms with Gasteiger partial charge < -0.3 is 9.53 Å². The van der Waals surface area contributed by atoms with Crippen LogP contribution in [0.4, 0.5) is 0 Å². The van der Waals surface area contributed by atoms with E-state index >= 15 is 0 Å². The fourth-order valence-corrected chi connectivity index (χ4v) is 4.89. The summed E-state index contributed by atoms with van der Waals surface area (Å²) in [5, 5.41) is 19.4. The maximum absolute atomic E-state index is 13.0. The molecule has 1 rings (SSSR count). The molecule has 0 bridgehead atoms. The van der Waals surface area contributed by atoms with E-state index in [9.17, 15) is 18.9 Å². The quantitative estimate of drug-likeness (QED) is 0.339. The summed E-state index contributed by atoms with van der Waals surface area (Å²) in [5.74, 6) is -0.416. The Labute approximate surface area is 170 Å². The van der Waals surface area contributed by atoms with Gasteiger partial charge in [-0.15, -0.1) is 0 Å². The van der Waals surface area contributed by atoms with Crippen LogP contribution >= 0.6 is 0 Å². The van der Waals surface area contributed by atoms with Crippen LogP contribution in [-0.2, 0) is 14.3 Å². The van der Waals surface area contributed by atoms with Crippen LogP contribution in [-0.4, -0.2) is 27.9 Å². The number of hydrogen-bond donors (Lipinski definition) is 1. The van der Waals surface area contributed by atoms with Gasteiger partial charge in [-0.25, -0.2) is 8.42 Å². The Morgan fingerprint density at radius 2 is 1.71 bits per heavy atom. The van der Waals surface area contributed by atoms with Crippen LogP contribution in [0.3, 0.4) is 0 Å². The van der Waals surface area contributed by atoms with E-state index in [0.29, 0.717) is 6.42 Å². The van der Waals surface area contributed by atoms with Crippen LogP contribution < -0.4 is 0 Å². The van der Waals surface area contributed by atoms with Gasteiger partial charge in [-0.05, 0) is 49.5 Å². The molecule has 0 aliphatic carbocycles. The zero-order valence-electron chi connectivity index (χ0n) is 18.1. The van der Waals surface area contributed by atoms with Gasteiger partial charge in [0.05, 0.1) is 4.90 Å². The Morgan fingerprint density at radius 3 is 2.11 bits per heavy atom. The zero-order valence-corrected chi connectivity index (χ0v) is 20.0. The Bertz CT molecular complexity index is 861. The van der Waals surface area contributed by atoms with Crippen molar-refractivity contribution in [1.82, 2.24) is 0 Å². The summed E-state index contributed by atoms with van der Waals surface area (Å²) in [6, 6.07) is 6.15. The minimum atomic E-state index is -4.19. The summed E-state index contributed by atoms with van der Waals surface area (Å²) in [5.41, 5.74) is 0.897. The maximum atomic E-state index is 13.0. The van der Waals surface area contributed by atoms with E-state index in [1.54, 1.807) is 12.1 Å². The summed E-state index contributed by atoms with van der Waals surface area (Å²) >= 11 is 0. The maximum Gasteiger partial charge on any atom is 0.518 e. The highest BCUT2D eigenvalue weighted by Gasteiger charge is 2.45. The number of diazo groups is 1. The third kappa shape index (κ3) is 5.66. The molecule has 0 unspecified atom stereocenters. The number of aryl methyl sites for hydroxylation is 1. The third-order valence-electron chi connectivity index (χ3n) is 5.13. The minimum Gasteiger partial charge on any atom is -0.503 e. The van der Waals surface area contributed by atoms with Crippen LogP contribution in [0.5, 0.6) is 0 Å². The van der Waals surface area contributed by atoms with Crippen molar-refractivity contribution in [2.75, 3.05) is 0 Å². The highest BCUT2D eigenvalue weighted by atomic mass is 32.2. The lowest BCUT2D eigenvalue weighted by Crippen LogP contribution is -2.45. The number of aliphatic hydroxyl groups is 1. The highest BCUT2D eigenvalue weighted by Crippen LogP contribution is 2.39. The van der Waals surface area contributed by atoms with E-state index < -0.39 is 35.0 Å². The lowest BCUT2D eigenvalue weighted by molar-refractivity contribution is 0.138. The molecule has 0 aliphatic rings. The summed E-state index contributed by atoms with van der Waals surface area (Å²) in [6.45, 7) is 16.0. The third-order valence-corrected chi connectivity index (χ3v) is 11.3. The molecule has 0 amide bonds. The average molecular weight is 426 g/mol. The van der Waals surface area contributed by atoms with Gasteiger partial charge in [0.1, 0.15) is 6.10 Å². The number of sulfone groups is 1. The molecule has 0 aliphatic heterocycles.